The second-order valence-electron chi connectivity index (χ2n) is 35.2. The predicted molar refractivity (Wildman–Crippen MR) is 440 cm³/mol. The van der Waals surface area contributed by atoms with E-state index in [0.29, 0.717) is 0 Å². The summed E-state index contributed by atoms with van der Waals surface area (Å²) < 4.78 is 10.4. The molecule has 1 aliphatic carbocycles. The number of aromatic nitrogens is 1. The van der Waals surface area contributed by atoms with Gasteiger partial charge in [0.25, 0.3) is 0 Å². The molecule has 0 saturated carbocycles. The van der Waals surface area contributed by atoms with Gasteiger partial charge in [-0.2, -0.15) is 0 Å². The minimum Gasteiger partial charge on any atom is -0.455 e. The molecule has 1 unspecified atom stereocenters. The molecule has 3 heterocycles. The molecule has 102 heavy (non-hydrogen) atoms. The summed E-state index contributed by atoms with van der Waals surface area (Å²) >= 11 is 0. The standard InChI is InChI=1S/C97H97N3OSi/c1-60-26-24-28-72(54-60)98(69-46-38-63(39-47-69)93(6,7)8)82-58-79-89(90-86(82)74-30-20-22-32-84(74)101-90)88-78(59-83(91-87(88)75-31-21-23-33-85(75)102(91,18)19)99(73-29-25-27-61(2)55-73)70-48-40-64(41-49-70)94(9,10)11)97(79,66-36-34-62(35-37-66)92(3,4)5)68-45-53-81-77(57-68)76-56-67(96(15,16)17)44-52-80(76)100(81)71-50-42-65(43-51-71)95(12,13)14/h20-59H,1-19H3. The van der Waals surface area contributed by atoms with E-state index in [-0.39, 0.29) is 27.1 Å². The highest BCUT2D eigenvalue weighted by atomic mass is 28.3. The van der Waals surface area contributed by atoms with Crippen molar-refractivity contribution in [3.8, 4) is 27.9 Å². The van der Waals surface area contributed by atoms with Crippen molar-refractivity contribution in [1.82, 2.24) is 4.57 Å². The van der Waals surface area contributed by atoms with Gasteiger partial charge in [-0.3, -0.25) is 0 Å². The van der Waals surface area contributed by atoms with E-state index in [1.54, 1.807) is 0 Å². The van der Waals surface area contributed by atoms with Crippen LogP contribution in [-0.2, 0) is 32.5 Å². The van der Waals surface area contributed by atoms with Crippen molar-refractivity contribution < 1.29 is 4.42 Å². The van der Waals surface area contributed by atoms with Gasteiger partial charge in [0, 0.05) is 55.8 Å². The van der Waals surface area contributed by atoms with E-state index in [4.69, 9.17) is 4.42 Å². The SMILES string of the molecule is Cc1cccc(N(c2ccc(C(C)(C)C)cc2)c2cc3c(c4c2[Si](C)(C)c2ccccc2-4)-c2c(cc(N(c4ccc(C(C)(C)C)cc4)c4cccc(C)c4)c4c2oc2ccccc24)C3(c2ccc(C(C)(C)C)cc2)c2ccc3c(c2)c2cc(C(C)(C)C)ccc2n3-c2ccc(C(C)(C)C)cc2)c1. The van der Waals surface area contributed by atoms with Crippen LogP contribution >= 0.6 is 0 Å². The van der Waals surface area contributed by atoms with Crippen molar-refractivity contribution in [2.45, 2.75) is 163 Å². The van der Waals surface area contributed by atoms with Crippen molar-refractivity contribution in [2.24, 2.45) is 0 Å². The minimum absolute atomic E-state index is 0.00114. The van der Waals surface area contributed by atoms with Crippen LogP contribution in [0.5, 0.6) is 0 Å². The number of fused-ring (bicyclic) bond motifs is 14. The maximum atomic E-state index is 7.92. The summed E-state index contributed by atoms with van der Waals surface area (Å²) in [6, 6.07) is 94.8. The van der Waals surface area contributed by atoms with Crippen molar-refractivity contribution >= 4 is 96.3 Å². The Morgan fingerprint density at radius 2 is 0.814 bits per heavy atom. The molecule has 2 aromatic heterocycles. The Morgan fingerprint density at radius 3 is 1.36 bits per heavy atom. The summed E-state index contributed by atoms with van der Waals surface area (Å²) in [7, 11) is -2.66. The number of hydrogen-bond acceptors (Lipinski definition) is 3. The van der Waals surface area contributed by atoms with Crippen LogP contribution in [0.3, 0.4) is 0 Å². The highest BCUT2D eigenvalue weighted by Gasteiger charge is 2.54. The van der Waals surface area contributed by atoms with Gasteiger partial charge >= 0.3 is 0 Å². The summed E-state index contributed by atoms with van der Waals surface area (Å²) in [5, 5.41) is 7.47. The molecule has 1 aliphatic heterocycles. The maximum absolute atomic E-state index is 7.92. The van der Waals surface area contributed by atoms with Crippen LogP contribution in [-0.4, -0.2) is 12.6 Å². The Balaban J connectivity index is 1.14. The quantitative estimate of drug-likeness (QED) is 0.135. The molecule has 14 aromatic rings. The predicted octanol–water partition coefficient (Wildman–Crippen LogP) is 25.9. The molecule has 12 aromatic carbocycles. The zero-order valence-electron chi connectivity index (χ0n) is 63.3. The monoisotopic (exact) mass is 1350 g/mol. The molecule has 510 valence electrons. The van der Waals surface area contributed by atoms with E-state index in [1.165, 1.54) is 116 Å². The van der Waals surface area contributed by atoms with Crippen LogP contribution in [0.15, 0.2) is 247 Å². The topological polar surface area (TPSA) is 24.6 Å². The third kappa shape index (κ3) is 10.6. The van der Waals surface area contributed by atoms with Crippen LogP contribution in [0.25, 0.3) is 71.7 Å². The number of rotatable bonds is 9. The second-order valence-corrected chi connectivity index (χ2v) is 39.5. The smallest absolute Gasteiger partial charge is 0.145 e. The van der Waals surface area contributed by atoms with E-state index in [9.17, 15) is 0 Å². The average Bonchev–Trinajstić information content (AvgIpc) is 1.49. The summed E-state index contributed by atoms with van der Waals surface area (Å²) in [5.74, 6) is 0. The molecule has 0 spiro atoms. The van der Waals surface area contributed by atoms with Crippen LogP contribution in [0.4, 0.5) is 34.1 Å². The highest BCUT2D eigenvalue weighted by Crippen LogP contribution is 2.65. The largest absolute Gasteiger partial charge is 0.455 e. The third-order valence-corrected chi connectivity index (χ3v) is 26.3. The molecule has 1 atom stereocenters. The fraction of sp³-hybridized carbons (Fsp3) is 0.258. The van der Waals surface area contributed by atoms with Gasteiger partial charge in [-0.1, -0.05) is 256 Å². The van der Waals surface area contributed by atoms with Gasteiger partial charge in [-0.25, -0.2) is 0 Å². The molecule has 5 heteroatoms. The number of aryl methyl sites for hydroxylation is 2. The fourth-order valence-electron chi connectivity index (χ4n) is 17.2. The number of benzene rings is 12. The average molecular weight is 1350 g/mol. The second kappa shape index (κ2) is 23.3. The summed E-state index contributed by atoms with van der Waals surface area (Å²) in [4.78, 5) is 5.17. The Bertz CT molecular complexity index is 5690. The lowest BCUT2D eigenvalue weighted by Crippen LogP contribution is -2.50. The molecule has 4 nitrogen and oxygen atoms in total. The van der Waals surface area contributed by atoms with Gasteiger partial charge < -0.3 is 18.8 Å². The zero-order valence-corrected chi connectivity index (χ0v) is 64.3. The molecule has 0 fully saturated rings. The molecule has 0 saturated heterocycles. The Morgan fingerprint density at radius 1 is 0.363 bits per heavy atom. The lowest BCUT2D eigenvalue weighted by Gasteiger charge is -2.37. The van der Waals surface area contributed by atoms with Crippen molar-refractivity contribution in [3.05, 3.63) is 304 Å². The molecule has 0 radical (unpaired) electrons. The normalized spacial score (nSPS) is 15.1. The highest BCUT2D eigenvalue weighted by molar-refractivity contribution is 7.05. The van der Waals surface area contributed by atoms with Gasteiger partial charge in [0.05, 0.1) is 27.5 Å². The first-order valence-corrected chi connectivity index (χ1v) is 39.9. The number of nitrogens with zero attached hydrogens (tertiary/aromatic N) is 3. The fourth-order valence-corrected chi connectivity index (χ4v) is 20.5. The molecular formula is C97H97N3OSi. The first-order valence-electron chi connectivity index (χ1n) is 36.9. The Hall–Kier alpha value is -9.94. The van der Waals surface area contributed by atoms with E-state index in [0.717, 1.165) is 61.6 Å². The van der Waals surface area contributed by atoms with Gasteiger partial charge in [0.1, 0.15) is 19.2 Å². The Kier molecular flexibility index (Phi) is 15.2. The number of anilines is 6. The first-order chi connectivity index (χ1) is 48.3. The van der Waals surface area contributed by atoms with E-state index in [1.807, 2.05) is 0 Å². The van der Waals surface area contributed by atoms with Crippen LogP contribution in [0, 0.1) is 13.8 Å². The lowest BCUT2D eigenvalue weighted by molar-refractivity contribution is 0.589. The molecule has 0 bridgehead atoms. The summed E-state index contributed by atoms with van der Waals surface area (Å²) in [6.45, 7) is 44.5. The molecule has 0 amide bonds. The number of para-hydroxylation sites is 1. The van der Waals surface area contributed by atoms with E-state index >= 15 is 0 Å². The molecule has 16 rings (SSSR count). The summed E-state index contributed by atoms with van der Waals surface area (Å²) in [6.07, 6.45) is 0. The van der Waals surface area contributed by atoms with Crippen LogP contribution in [0.1, 0.15) is 165 Å². The summed E-state index contributed by atoms with van der Waals surface area (Å²) in [5.41, 5.74) is 29.2. The minimum atomic E-state index is -2.66. The van der Waals surface area contributed by atoms with Crippen LogP contribution in [0.2, 0.25) is 13.1 Å². The number of furan rings is 1. The zero-order chi connectivity index (χ0) is 71.7. The number of hydrogen-bond donors (Lipinski definition) is 0. The lowest BCUT2D eigenvalue weighted by atomic mass is 9.66. The first kappa shape index (κ1) is 66.6. The third-order valence-electron chi connectivity index (χ3n) is 22.7. The van der Waals surface area contributed by atoms with Crippen molar-refractivity contribution in [1.29, 1.82) is 0 Å². The van der Waals surface area contributed by atoms with Gasteiger partial charge in [0.15, 0.2) is 0 Å². The maximum Gasteiger partial charge on any atom is 0.145 e. The Labute approximate surface area is 606 Å². The molecule has 2 aliphatic rings. The molecular weight excluding hydrogens is 1250 g/mol. The molecule has 0 N–H and O–H groups in total. The van der Waals surface area contributed by atoms with Crippen LogP contribution < -0.4 is 20.2 Å². The van der Waals surface area contributed by atoms with Gasteiger partial charge in [-0.05, 0) is 232 Å². The van der Waals surface area contributed by atoms with Crippen molar-refractivity contribution in [2.75, 3.05) is 9.80 Å². The van der Waals surface area contributed by atoms with Crippen molar-refractivity contribution in [3.63, 3.8) is 0 Å². The van der Waals surface area contributed by atoms with Gasteiger partial charge in [-0.15, -0.1) is 0 Å². The van der Waals surface area contributed by atoms with E-state index in [2.05, 4.69) is 388 Å². The van der Waals surface area contributed by atoms with E-state index < -0.39 is 13.5 Å². The van der Waals surface area contributed by atoms with Gasteiger partial charge in [0.2, 0.25) is 0 Å².